The molecule has 0 saturated carbocycles. The summed E-state index contributed by atoms with van der Waals surface area (Å²) < 4.78 is 37.2. The molecule has 0 saturated heterocycles. The summed E-state index contributed by atoms with van der Waals surface area (Å²) in [5, 5.41) is 3.15. The normalized spacial score (nSPS) is 11.6. The monoisotopic (exact) mass is 280 g/mol. The minimum atomic E-state index is -4.28. The summed E-state index contributed by atoms with van der Waals surface area (Å²) in [4.78, 5) is 4.24. The lowest BCUT2D eigenvalue weighted by molar-refractivity contribution is -0.137. The molecule has 0 aliphatic heterocycles. The highest BCUT2D eigenvalue weighted by atomic mass is 19.4. The third kappa shape index (κ3) is 4.06. The van der Waals surface area contributed by atoms with Crippen LogP contribution in [0.1, 0.15) is 22.4 Å². The predicted octanol–water partition coefficient (Wildman–Crippen LogP) is 3.70. The van der Waals surface area contributed by atoms with Gasteiger partial charge in [0.25, 0.3) is 0 Å². The first-order valence-corrected chi connectivity index (χ1v) is 6.23. The molecule has 2 rings (SSSR count). The van der Waals surface area contributed by atoms with Gasteiger partial charge in [-0.05, 0) is 36.2 Å². The fourth-order valence-corrected chi connectivity index (χ4v) is 1.75. The number of halogens is 3. The number of nitrogens with zero attached hydrogens (tertiary/aromatic N) is 1. The van der Waals surface area contributed by atoms with Gasteiger partial charge in [-0.2, -0.15) is 13.2 Å². The maximum absolute atomic E-state index is 12.4. The van der Waals surface area contributed by atoms with E-state index in [1.54, 1.807) is 6.20 Å². The maximum atomic E-state index is 12.4. The second kappa shape index (κ2) is 6.05. The quantitative estimate of drug-likeness (QED) is 0.923. The average molecular weight is 280 g/mol. The first-order valence-electron chi connectivity index (χ1n) is 6.23. The lowest BCUT2D eigenvalue weighted by Gasteiger charge is -2.08. The van der Waals surface area contributed by atoms with Gasteiger partial charge in [-0.1, -0.05) is 18.2 Å². The van der Waals surface area contributed by atoms with Crippen molar-refractivity contribution >= 4 is 0 Å². The van der Waals surface area contributed by atoms with Crippen LogP contribution >= 0.6 is 0 Å². The highest BCUT2D eigenvalue weighted by Crippen LogP contribution is 2.28. The van der Waals surface area contributed by atoms with Crippen LogP contribution in [0.3, 0.4) is 0 Å². The number of alkyl halides is 3. The molecule has 0 fully saturated rings. The summed E-state index contributed by atoms with van der Waals surface area (Å²) >= 11 is 0. The van der Waals surface area contributed by atoms with Crippen molar-refractivity contribution in [3.05, 3.63) is 65.0 Å². The van der Waals surface area contributed by atoms with Crippen molar-refractivity contribution in [3.63, 3.8) is 0 Å². The van der Waals surface area contributed by atoms with E-state index >= 15 is 0 Å². The van der Waals surface area contributed by atoms with Crippen LogP contribution < -0.4 is 5.32 Å². The van der Waals surface area contributed by atoms with Gasteiger partial charge in [0.2, 0.25) is 0 Å². The third-order valence-electron chi connectivity index (χ3n) is 2.89. The Morgan fingerprint density at radius 1 is 1.00 bits per heavy atom. The highest BCUT2D eigenvalue weighted by molar-refractivity contribution is 5.24. The second-order valence-corrected chi connectivity index (χ2v) is 4.63. The van der Waals surface area contributed by atoms with Crippen LogP contribution in [-0.4, -0.2) is 4.98 Å². The van der Waals surface area contributed by atoms with Crippen molar-refractivity contribution < 1.29 is 13.2 Å². The lowest BCUT2D eigenvalue weighted by Crippen LogP contribution is -2.14. The van der Waals surface area contributed by atoms with E-state index in [4.69, 9.17) is 0 Å². The Morgan fingerprint density at radius 2 is 1.70 bits per heavy atom. The lowest BCUT2D eigenvalue weighted by atomic mass is 10.1. The molecular formula is C15H15F3N2. The van der Waals surface area contributed by atoms with Gasteiger partial charge in [0.05, 0.1) is 11.3 Å². The summed E-state index contributed by atoms with van der Waals surface area (Å²) in [6.45, 7) is 3.06. The molecule has 0 amide bonds. The second-order valence-electron chi connectivity index (χ2n) is 4.63. The molecular weight excluding hydrogens is 265 g/mol. The minimum absolute atomic E-state index is 0.508. The first kappa shape index (κ1) is 14.5. The molecule has 0 radical (unpaired) electrons. The maximum Gasteiger partial charge on any atom is 0.416 e. The molecule has 1 heterocycles. The number of benzene rings is 1. The molecule has 0 unspecified atom stereocenters. The van der Waals surface area contributed by atoms with Gasteiger partial charge in [0.1, 0.15) is 0 Å². The number of nitrogens with one attached hydrogen (secondary N) is 1. The molecule has 106 valence electrons. The van der Waals surface area contributed by atoms with E-state index in [0.717, 1.165) is 29.0 Å². The molecule has 20 heavy (non-hydrogen) atoms. The summed E-state index contributed by atoms with van der Waals surface area (Å²) in [5.74, 6) is 0. The van der Waals surface area contributed by atoms with E-state index in [-0.39, 0.29) is 0 Å². The topological polar surface area (TPSA) is 24.9 Å². The van der Waals surface area contributed by atoms with Gasteiger partial charge < -0.3 is 5.32 Å². The number of pyridine rings is 1. The van der Waals surface area contributed by atoms with E-state index in [2.05, 4.69) is 10.3 Å². The Kier molecular flexibility index (Phi) is 4.39. The molecule has 0 atom stereocenters. The predicted molar refractivity (Wildman–Crippen MR) is 71.0 cm³/mol. The standard InChI is InChI=1S/C15H15F3N2/c1-11-2-7-14(20-8-11)10-19-9-12-3-5-13(6-4-12)15(16,17)18/h2-8,19H,9-10H2,1H3. The molecule has 2 nitrogen and oxygen atoms in total. The molecule has 0 bridgehead atoms. The van der Waals surface area contributed by atoms with E-state index in [0.29, 0.717) is 13.1 Å². The summed E-state index contributed by atoms with van der Waals surface area (Å²) in [7, 11) is 0. The Morgan fingerprint density at radius 3 is 2.25 bits per heavy atom. The molecule has 1 aromatic heterocycles. The zero-order valence-electron chi connectivity index (χ0n) is 11.0. The zero-order valence-corrected chi connectivity index (χ0v) is 11.0. The smallest absolute Gasteiger partial charge is 0.307 e. The van der Waals surface area contributed by atoms with Gasteiger partial charge in [0, 0.05) is 19.3 Å². The molecule has 0 aliphatic rings. The zero-order chi connectivity index (χ0) is 14.6. The van der Waals surface area contributed by atoms with Crippen molar-refractivity contribution in [2.45, 2.75) is 26.2 Å². The van der Waals surface area contributed by atoms with Crippen LogP contribution in [0.2, 0.25) is 0 Å². The Labute approximate surface area is 115 Å². The molecule has 0 aliphatic carbocycles. The van der Waals surface area contributed by atoms with Crippen LogP contribution in [0.4, 0.5) is 13.2 Å². The fraction of sp³-hybridized carbons (Fsp3) is 0.267. The highest BCUT2D eigenvalue weighted by Gasteiger charge is 2.29. The molecule has 1 aromatic carbocycles. The Hall–Kier alpha value is -1.88. The van der Waals surface area contributed by atoms with Gasteiger partial charge >= 0.3 is 6.18 Å². The number of hydrogen-bond donors (Lipinski definition) is 1. The Balaban J connectivity index is 1.87. The molecule has 0 spiro atoms. The average Bonchev–Trinajstić information content (AvgIpc) is 2.41. The fourth-order valence-electron chi connectivity index (χ4n) is 1.75. The number of aromatic nitrogens is 1. The number of hydrogen-bond acceptors (Lipinski definition) is 2. The van der Waals surface area contributed by atoms with Gasteiger partial charge in [-0.25, -0.2) is 0 Å². The van der Waals surface area contributed by atoms with E-state index in [9.17, 15) is 13.2 Å². The van der Waals surface area contributed by atoms with E-state index in [1.165, 1.54) is 12.1 Å². The van der Waals surface area contributed by atoms with E-state index in [1.807, 2.05) is 19.1 Å². The minimum Gasteiger partial charge on any atom is -0.307 e. The van der Waals surface area contributed by atoms with Gasteiger partial charge in [-0.3, -0.25) is 4.98 Å². The van der Waals surface area contributed by atoms with Crippen molar-refractivity contribution in [2.24, 2.45) is 0 Å². The number of rotatable bonds is 4. The Bertz CT molecular complexity index is 545. The van der Waals surface area contributed by atoms with Crippen LogP contribution in [0.25, 0.3) is 0 Å². The molecule has 2 aromatic rings. The third-order valence-corrected chi connectivity index (χ3v) is 2.89. The van der Waals surface area contributed by atoms with Crippen LogP contribution in [0.5, 0.6) is 0 Å². The van der Waals surface area contributed by atoms with Crippen LogP contribution in [-0.2, 0) is 19.3 Å². The van der Waals surface area contributed by atoms with Crippen molar-refractivity contribution in [3.8, 4) is 0 Å². The van der Waals surface area contributed by atoms with Crippen LogP contribution in [0.15, 0.2) is 42.6 Å². The van der Waals surface area contributed by atoms with Gasteiger partial charge in [-0.15, -0.1) is 0 Å². The van der Waals surface area contributed by atoms with Crippen molar-refractivity contribution in [1.82, 2.24) is 10.3 Å². The first-order chi connectivity index (χ1) is 9.45. The van der Waals surface area contributed by atoms with Crippen molar-refractivity contribution in [2.75, 3.05) is 0 Å². The van der Waals surface area contributed by atoms with E-state index < -0.39 is 11.7 Å². The molecule has 1 N–H and O–H groups in total. The number of aryl methyl sites for hydroxylation is 1. The summed E-state index contributed by atoms with van der Waals surface area (Å²) in [5.41, 5.74) is 2.19. The van der Waals surface area contributed by atoms with Gasteiger partial charge in [0.15, 0.2) is 0 Å². The summed E-state index contributed by atoms with van der Waals surface area (Å²) in [6.07, 6.45) is -2.49. The molecule has 5 heteroatoms. The van der Waals surface area contributed by atoms with Crippen LogP contribution in [0, 0.1) is 6.92 Å². The SMILES string of the molecule is Cc1ccc(CNCc2ccc(C(F)(F)F)cc2)nc1. The summed E-state index contributed by atoms with van der Waals surface area (Å²) in [6, 6.07) is 9.07. The largest absolute Gasteiger partial charge is 0.416 e. The van der Waals surface area contributed by atoms with Crippen molar-refractivity contribution in [1.29, 1.82) is 0 Å².